The lowest BCUT2D eigenvalue weighted by Crippen LogP contribution is -2.49. The number of rotatable bonds is 3. The summed E-state index contributed by atoms with van der Waals surface area (Å²) in [6.45, 7) is 6.64. The third-order valence-corrected chi connectivity index (χ3v) is 6.57. The van der Waals surface area contributed by atoms with E-state index in [1.54, 1.807) is 27.7 Å². The van der Waals surface area contributed by atoms with Crippen molar-refractivity contribution in [1.29, 1.82) is 0 Å². The van der Waals surface area contributed by atoms with Gasteiger partial charge in [-0.2, -0.15) is 13.2 Å². The van der Waals surface area contributed by atoms with Gasteiger partial charge in [0.1, 0.15) is 0 Å². The van der Waals surface area contributed by atoms with Gasteiger partial charge in [0.15, 0.2) is 0 Å². The molecule has 4 rings (SSSR count). The number of hydrogen-bond donors (Lipinski definition) is 1. The molecule has 3 saturated heterocycles. The molecule has 2 N–H and O–H groups in total. The summed E-state index contributed by atoms with van der Waals surface area (Å²) in [6, 6.07) is 2.92. The molecule has 1 aromatic carbocycles. The monoisotopic (exact) mass is 440 g/mol. The second kappa shape index (κ2) is 6.44. The van der Waals surface area contributed by atoms with Crippen LogP contribution in [0.4, 0.5) is 24.5 Å². The molecule has 168 valence electrons. The fourth-order valence-electron chi connectivity index (χ4n) is 5.37. The third kappa shape index (κ3) is 2.95. The van der Waals surface area contributed by atoms with Crippen LogP contribution in [0.3, 0.4) is 0 Å². The van der Waals surface area contributed by atoms with E-state index < -0.39 is 64.2 Å². The molecule has 3 fully saturated rings. The van der Waals surface area contributed by atoms with E-state index in [1.807, 2.05) is 0 Å². The molecule has 0 spiro atoms. The van der Waals surface area contributed by atoms with E-state index in [1.165, 1.54) is 6.07 Å². The van der Waals surface area contributed by atoms with Gasteiger partial charge in [0.05, 0.1) is 46.3 Å². The van der Waals surface area contributed by atoms with Gasteiger partial charge in [0, 0.05) is 5.69 Å². The SMILES string of the molecule is CC(C)OC(=O)[C@@H]1CC2(C)OC1(C)C1C(=O)N(c3ccc(N)c(C(F)(F)F)c3)C(=O)[C@@H]12. The van der Waals surface area contributed by atoms with Crippen LogP contribution in [0.25, 0.3) is 0 Å². The smallest absolute Gasteiger partial charge is 0.418 e. The van der Waals surface area contributed by atoms with Crippen LogP contribution in [0.2, 0.25) is 0 Å². The number of imide groups is 1. The lowest BCUT2D eigenvalue weighted by atomic mass is 9.64. The Morgan fingerprint density at radius 3 is 2.42 bits per heavy atom. The number of anilines is 2. The summed E-state index contributed by atoms with van der Waals surface area (Å²) < 4.78 is 51.3. The quantitative estimate of drug-likeness (QED) is 0.441. The van der Waals surface area contributed by atoms with Crippen molar-refractivity contribution in [2.24, 2.45) is 17.8 Å². The van der Waals surface area contributed by atoms with Crippen LogP contribution in [0.1, 0.15) is 39.7 Å². The van der Waals surface area contributed by atoms with Crippen molar-refractivity contribution in [2.45, 2.75) is 57.6 Å². The standard InChI is InChI=1S/C21H23F3N2O5/c1-9(2)30-18(29)12-8-19(3)14-15(20(12,4)31-19)17(28)26(16(14)27)10-5-6-13(25)11(7-10)21(22,23)24/h5-7,9,12,14-15H,8,25H2,1-4H3/t12-,14+,15?,19?,20?/m0/s1. The zero-order valence-corrected chi connectivity index (χ0v) is 17.4. The van der Waals surface area contributed by atoms with Crippen LogP contribution in [-0.2, 0) is 30.0 Å². The molecule has 10 heteroatoms. The van der Waals surface area contributed by atoms with Gasteiger partial charge in [-0.3, -0.25) is 14.4 Å². The molecule has 3 aliphatic rings. The van der Waals surface area contributed by atoms with Crippen molar-refractivity contribution in [1.82, 2.24) is 0 Å². The van der Waals surface area contributed by atoms with E-state index >= 15 is 0 Å². The Morgan fingerprint density at radius 1 is 1.23 bits per heavy atom. The number of carbonyl (C=O) groups is 3. The molecular weight excluding hydrogens is 417 g/mol. The van der Waals surface area contributed by atoms with Crippen LogP contribution in [0.15, 0.2) is 18.2 Å². The first-order valence-electron chi connectivity index (χ1n) is 9.96. The van der Waals surface area contributed by atoms with E-state index in [9.17, 15) is 27.6 Å². The number of nitrogen functional groups attached to an aromatic ring is 1. The summed E-state index contributed by atoms with van der Waals surface area (Å²) in [5.41, 5.74) is 1.19. The van der Waals surface area contributed by atoms with Gasteiger partial charge in [-0.1, -0.05) is 0 Å². The molecule has 3 unspecified atom stereocenters. The first-order valence-corrected chi connectivity index (χ1v) is 9.96. The Labute approximate surface area is 176 Å². The first-order chi connectivity index (χ1) is 14.2. The fraction of sp³-hybridized carbons (Fsp3) is 0.571. The molecule has 7 nitrogen and oxygen atoms in total. The Hall–Kier alpha value is -2.62. The van der Waals surface area contributed by atoms with Crippen molar-refractivity contribution in [2.75, 3.05) is 10.6 Å². The minimum Gasteiger partial charge on any atom is -0.463 e. The predicted molar refractivity (Wildman–Crippen MR) is 103 cm³/mol. The van der Waals surface area contributed by atoms with Gasteiger partial charge in [-0.25, -0.2) is 4.90 Å². The molecule has 0 aliphatic carbocycles. The molecule has 5 atom stereocenters. The highest BCUT2D eigenvalue weighted by Crippen LogP contribution is 2.63. The second-order valence-corrected chi connectivity index (χ2v) is 9.08. The molecule has 0 saturated carbocycles. The highest BCUT2D eigenvalue weighted by atomic mass is 19.4. The Bertz CT molecular complexity index is 994. The minimum absolute atomic E-state index is 0.179. The van der Waals surface area contributed by atoms with Crippen molar-refractivity contribution >= 4 is 29.2 Å². The minimum atomic E-state index is -4.74. The normalized spacial score (nSPS) is 34.6. The van der Waals surface area contributed by atoms with Crippen molar-refractivity contribution < 1.29 is 37.0 Å². The summed E-state index contributed by atoms with van der Waals surface area (Å²) in [4.78, 5) is 40.0. The van der Waals surface area contributed by atoms with Gasteiger partial charge in [0.2, 0.25) is 11.8 Å². The molecule has 3 aliphatic heterocycles. The molecule has 2 amide bonds. The maximum atomic E-state index is 13.3. The fourth-order valence-corrected chi connectivity index (χ4v) is 5.37. The van der Waals surface area contributed by atoms with Crippen LogP contribution < -0.4 is 10.6 Å². The van der Waals surface area contributed by atoms with E-state index in [-0.39, 0.29) is 18.2 Å². The highest BCUT2D eigenvalue weighted by Gasteiger charge is 2.77. The number of amides is 2. The predicted octanol–water partition coefficient (Wildman–Crippen LogP) is 2.91. The number of ether oxygens (including phenoxy) is 2. The largest absolute Gasteiger partial charge is 0.463 e. The molecule has 0 aromatic heterocycles. The average molecular weight is 440 g/mol. The number of halogens is 3. The summed E-state index contributed by atoms with van der Waals surface area (Å²) in [7, 11) is 0. The maximum absolute atomic E-state index is 13.3. The number of esters is 1. The lowest BCUT2D eigenvalue weighted by Gasteiger charge is -2.34. The first kappa shape index (κ1) is 21.6. The van der Waals surface area contributed by atoms with Crippen molar-refractivity contribution in [3.05, 3.63) is 23.8 Å². The average Bonchev–Trinajstić information content (AvgIpc) is 3.15. The number of nitrogens with zero attached hydrogens (tertiary/aromatic N) is 1. The van der Waals surface area contributed by atoms with Gasteiger partial charge >= 0.3 is 12.1 Å². The number of benzene rings is 1. The number of fused-ring (bicyclic) bond motifs is 5. The van der Waals surface area contributed by atoms with Gasteiger partial charge in [-0.15, -0.1) is 0 Å². The maximum Gasteiger partial charge on any atom is 0.418 e. The van der Waals surface area contributed by atoms with Crippen LogP contribution in [-0.4, -0.2) is 35.1 Å². The number of hydrogen-bond acceptors (Lipinski definition) is 6. The molecule has 0 radical (unpaired) electrons. The van der Waals surface area contributed by atoms with E-state index in [0.717, 1.165) is 11.0 Å². The Balaban J connectivity index is 1.74. The summed E-state index contributed by atoms with van der Waals surface area (Å²) >= 11 is 0. The number of nitrogens with two attached hydrogens (primary N) is 1. The topological polar surface area (TPSA) is 98.9 Å². The van der Waals surface area contributed by atoms with Gasteiger partial charge < -0.3 is 15.2 Å². The van der Waals surface area contributed by atoms with Gasteiger partial charge in [-0.05, 0) is 52.3 Å². The third-order valence-electron chi connectivity index (χ3n) is 6.57. The molecule has 1 aromatic rings. The molecular formula is C21H23F3N2O5. The molecule has 31 heavy (non-hydrogen) atoms. The number of carbonyl (C=O) groups excluding carboxylic acids is 3. The lowest BCUT2D eigenvalue weighted by molar-refractivity contribution is -0.160. The molecule has 2 bridgehead atoms. The van der Waals surface area contributed by atoms with E-state index in [0.29, 0.717) is 6.07 Å². The zero-order valence-electron chi connectivity index (χ0n) is 17.4. The van der Waals surface area contributed by atoms with Gasteiger partial charge in [0.25, 0.3) is 0 Å². The van der Waals surface area contributed by atoms with Crippen molar-refractivity contribution in [3.8, 4) is 0 Å². The summed E-state index contributed by atoms with van der Waals surface area (Å²) in [5, 5.41) is 0. The summed E-state index contributed by atoms with van der Waals surface area (Å²) in [6.07, 6.45) is -4.93. The summed E-state index contributed by atoms with van der Waals surface area (Å²) in [5.74, 6) is -4.54. The van der Waals surface area contributed by atoms with E-state index in [4.69, 9.17) is 15.2 Å². The highest BCUT2D eigenvalue weighted by molar-refractivity contribution is 6.23. The Morgan fingerprint density at radius 2 is 1.84 bits per heavy atom. The second-order valence-electron chi connectivity index (χ2n) is 9.08. The van der Waals surface area contributed by atoms with Crippen LogP contribution >= 0.6 is 0 Å². The van der Waals surface area contributed by atoms with Crippen molar-refractivity contribution in [3.63, 3.8) is 0 Å². The number of alkyl halides is 3. The van der Waals surface area contributed by atoms with E-state index in [2.05, 4.69) is 0 Å². The van der Waals surface area contributed by atoms with Crippen LogP contribution in [0.5, 0.6) is 0 Å². The zero-order chi connectivity index (χ0) is 23.1. The molecule has 3 heterocycles. The Kier molecular flexibility index (Phi) is 4.49. The van der Waals surface area contributed by atoms with Crippen LogP contribution in [0, 0.1) is 17.8 Å².